The van der Waals surface area contributed by atoms with Crippen LogP contribution in [0.2, 0.25) is 5.15 Å². The fourth-order valence-electron chi connectivity index (χ4n) is 2.91. The SMILES string of the molecule is CCCCC(C)CNc1c(-c2c(F)cc(F)cc2F)c(Cl)nc2ncnn12. The summed E-state index contributed by atoms with van der Waals surface area (Å²) in [6, 6.07) is 1.21. The number of unbranched alkanes of at least 4 members (excludes halogenated alkanes) is 1. The molecular weight excluding hydrogens is 379 g/mol. The van der Waals surface area contributed by atoms with Gasteiger partial charge in [-0.05, 0) is 12.3 Å². The number of anilines is 1. The Kier molecular flexibility index (Phi) is 5.84. The summed E-state index contributed by atoms with van der Waals surface area (Å²) in [5, 5.41) is 7.08. The van der Waals surface area contributed by atoms with Crippen LogP contribution in [0, 0.1) is 23.4 Å². The van der Waals surface area contributed by atoms with E-state index < -0.39 is 23.0 Å². The predicted molar refractivity (Wildman–Crippen MR) is 98.3 cm³/mol. The molecule has 2 heterocycles. The minimum absolute atomic E-state index is 0.0210. The molecule has 0 bridgehead atoms. The fourth-order valence-corrected chi connectivity index (χ4v) is 3.17. The molecule has 0 amide bonds. The quantitative estimate of drug-likeness (QED) is 0.563. The average Bonchev–Trinajstić information content (AvgIpc) is 3.06. The van der Waals surface area contributed by atoms with Crippen LogP contribution in [0.4, 0.5) is 19.0 Å². The van der Waals surface area contributed by atoms with Crippen molar-refractivity contribution in [3.8, 4) is 11.1 Å². The van der Waals surface area contributed by atoms with Crippen molar-refractivity contribution < 1.29 is 13.2 Å². The second-order valence-electron chi connectivity index (χ2n) is 6.47. The van der Waals surface area contributed by atoms with Crippen molar-refractivity contribution in [2.24, 2.45) is 5.92 Å². The van der Waals surface area contributed by atoms with E-state index in [0.717, 1.165) is 19.3 Å². The van der Waals surface area contributed by atoms with Crippen LogP contribution < -0.4 is 5.32 Å². The summed E-state index contributed by atoms with van der Waals surface area (Å²) < 4.78 is 43.5. The smallest absolute Gasteiger partial charge is 0.255 e. The first-order valence-corrected chi connectivity index (χ1v) is 9.08. The van der Waals surface area contributed by atoms with E-state index in [1.807, 2.05) is 0 Å². The average molecular weight is 398 g/mol. The summed E-state index contributed by atoms with van der Waals surface area (Å²) in [6.45, 7) is 4.72. The fraction of sp³-hybridized carbons (Fsp3) is 0.389. The van der Waals surface area contributed by atoms with E-state index >= 15 is 0 Å². The Balaban J connectivity index is 2.11. The molecule has 0 aliphatic carbocycles. The number of nitrogens with zero attached hydrogens (tertiary/aromatic N) is 4. The first kappa shape index (κ1) is 19.4. The number of nitrogens with one attached hydrogen (secondary N) is 1. The van der Waals surface area contributed by atoms with Gasteiger partial charge in [-0.1, -0.05) is 38.3 Å². The molecule has 1 unspecified atom stereocenters. The normalized spacial score (nSPS) is 12.5. The number of aromatic nitrogens is 4. The zero-order chi connectivity index (χ0) is 19.6. The molecule has 0 saturated heterocycles. The lowest BCUT2D eigenvalue weighted by Crippen LogP contribution is -2.16. The van der Waals surface area contributed by atoms with Gasteiger partial charge in [0.1, 0.15) is 34.7 Å². The maximum absolute atomic E-state index is 14.4. The summed E-state index contributed by atoms with van der Waals surface area (Å²) >= 11 is 6.22. The van der Waals surface area contributed by atoms with Crippen LogP contribution in [0.3, 0.4) is 0 Å². The van der Waals surface area contributed by atoms with Gasteiger partial charge in [0.15, 0.2) is 0 Å². The van der Waals surface area contributed by atoms with E-state index in [4.69, 9.17) is 11.6 Å². The van der Waals surface area contributed by atoms with Crippen LogP contribution in [0.1, 0.15) is 33.1 Å². The van der Waals surface area contributed by atoms with Gasteiger partial charge in [-0.15, -0.1) is 0 Å². The van der Waals surface area contributed by atoms with Crippen molar-refractivity contribution in [2.75, 3.05) is 11.9 Å². The number of hydrogen-bond acceptors (Lipinski definition) is 4. The van der Waals surface area contributed by atoms with E-state index in [1.165, 1.54) is 10.8 Å². The van der Waals surface area contributed by atoms with E-state index in [1.54, 1.807) is 0 Å². The highest BCUT2D eigenvalue weighted by atomic mass is 35.5. The number of hydrogen-bond donors (Lipinski definition) is 1. The third-order valence-corrected chi connectivity index (χ3v) is 4.58. The molecule has 0 aliphatic heterocycles. The Labute approximate surface area is 159 Å². The van der Waals surface area contributed by atoms with Gasteiger partial charge < -0.3 is 5.32 Å². The summed E-state index contributed by atoms with van der Waals surface area (Å²) in [7, 11) is 0. The van der Waals surface area contributed by atoms with Gasteiger partial charge in [0.2, 0.25) is 0 Å². The van der Waals surface area contributed by atoms with Gasteiger partial charge in [-0.25, -0.2) is 13.2 Å². The van der Waals surface area contributed by atoms with Crippen LogP contribution in [0.5, 0.6) is 0 Å². The van der Waals surface area contributed by atoms with Crippen molar-refractivity contribution in [3.05, 3.63) is 41.1 Å². The highest BCUT2D eigenvalue weighted by molar-refractivity contribution is 6.33. The van der Waals surface area contributed by atoms with E-state index in [0.29, 0.717) is 24.6 Å². The topological polar surface area (TPSA) is 55.1 Å². The highest BCUT2D eigenvalue weighted by Crippen LogP contribution is 2.37. The highest BCUT2D eigenvalue weighted by Gasteiger charge is 2.24. The van der Waals surface area contributed by atoms with Crippen LogP contribution in [-0.4, -0.2) is 26.1 Å². The van der Waals surface area contributed by atoms with Crippen LogP contribution in [0.15, 0.2) is 18.5 Å². The summed E-state index contributed by atoms with van der Waals surface area (Å²) in [6.07, 6.45) is 4.42. The molecule has 1 aromatic carbocycles. The molecule has 27 heavy (non-hydrogen) atoms. The van der Waals surface area contributed by atoms with E-state index in [9.17, 15) is 13.2 Å². The third-order valence-electron chi connectivity index (χ3n) is 4.31. The van der Waals surface area contributed by atoms with Gasteiger partial charge >= 0.3 is 0 Å². The van der Waals surface area contributed by atoms with Crippen LogP contribution >= 0.6 is 11.6 Å². The van der Waals surface area contributed by atoms with E-state index in [-0.39, 0.29) is 22.3 Å². The number of rotatable bonds is 7. The molecule has 0 saturated carbocycles. The van der Waals surface area contributed by atoms with Gasteiger partial charge in [-0.3, -0.25) is 0 Å². The molecule has 1 N–H and O–H groups in total. The minimum Gasteiger partial charge on any atom is -0.369 e. The van der Waals surface area contributed by atoms with Crippen molar-refractivity contribution in [3.63, 3.8) is 0 Å². The molecule has 0 radical (unpaired) electrons. The molecule has 5 nitrogen and oxygen atoms in total. The zero-order valence-electron chi connectivity index (χ0n) is 14.9. The van der Waals surface area contributed by atoms with E-state index in [2.05, 4.69) is 34.2 Å². The Morgan fingerprint density at radius 1 is 1.19 bits per heavy atom. The Hall–Kier alpha value is -2.35. The third kappa shape index (κ3) is 4.00. The van der Waals surface area contributed by atoms with Gasteiger partial charge in [-0.2, -0.15) is 19.6 Å². The van der Waals surface area contributed by atoms with Crippen molar-refractivity contribution in [1.29, 1.82) is 0 Å². The predicted octanol–water partition coefficient (Wildman–Crippen LogP) is 5.10. The maximum Gasteiger partial charge on any atom is 0.255 e. The second-order valence-corrected chi connectivity index (χ2v) is 6.83. The van der Waals surface area contributed by atoms with Gasteiger partial charge in [0.25, 0.3) is 5.78 Å². The van der Waals surface area contributed by atoms with Crippen molar-refractivity contribution in [2.45, 2.75) is 33.1 Å². The summed E-state index contributed by atoms with van der Waals surface area (Å²) in [4.78, 5) is 8.02. The molecule has 9 heteroatoms. The minimum atomic E-state index is -1.07. The lowest BCUT2D eigenvalue weighted by Gasteiger charge is -2.18. The Morgan fingerprint density at radius 2 is 1.89 bits per heavy atom. The molecular formula is C18H19ClF3N5. The van der Waals surface area contributed by atoms with Gasteiger partial charge in [0.05, 0.1) is 11.1 Å². The number of halogens is 4. The summed E-state index contributed by atoms with van der Waals surface area (Å²) in [5.74, 6) is -2.39. The Morgan fingerprint density at radius 3 is 2.56 bits per heavy atom. The number of fused-ring (bicyclic) bond motifs is 1. The monoisotopic (exact) mass is 397 g/mol. The molecule has 144 valence electrons. The molecule has 0 aliphatic rings. The molecule has 3 rings (SSSR count). The maximum atomic E-state index is 14.4. The standard InChI is InChI=1S/C18H19ClF3N5/c1-3-4-5-10(2)8-23-17-15(14-12(21)6-11(20)7-13(14)22)16(19)26-18-24-9-25-27(17)18/h6-7,9-10,23H,3-5,8H2,1-2H3. The van der Waals surface area contributed by atoms with Crippen molar-refractivity contribution >= 4 is 23.2 Å². The van der Waals surface area contributed by atoms with Crippen LogP contribution in [0.25, 0.3) is 16.9 Å². The molecule has 1 atom stereocenters. The van der Waals surface area contributed by atoms with Gasteiger partial charge in [0, 0.05) is 18.7 Å². The number of benzene rings is 1. The summed E-state index contributed by atoms with van der Waals surface area (Å²) in [5.41, 5.74) is -0.484. The second kappa shape index (κ2) is 8.12. The zero-order valence-corrected chi connectivity index (χ0v) is 15.7. The lowest BCUT2D eigenvalue weighted by atomic mass is 10.0. The molecule has 2 aromatic heterocycles. The Bertz CT molecular complexity index is 937. The molecule has 3 aromatic rings. The van der Waals surface area contributed by atoms with Crippen molar-refractivity contribution in [1.82, 2.24) is 19.6 Å². The lowest BCUT2D eigenvalue weighted by molar-refractivity contribution is 0.527. The molecule has 0 spiro atoms. The largest absolute Gasteiger partial charge is 0.369 e. The first-order chi connectivity index (χ1) is 12.9. The van der Waals surface area contributed by atoms with Crippen LogP contribution in [-0.2, 0) is 0 Å². The molecule has 0 fully saturated rings. The first-order valence-electron chi connectivity index (χ1n) is 8.70.